The molecule has 1 fully saturated rings. The lowest BCUT2D eigenvalue weighted by Crippen LogP contribution is -2.49. The maximum absolute atomic E-state index is 12.7. The largest absolute Gasteiger partial charge is 0.457 e. The molecule has 1 aromatic heterocycles. The highest BCUT2D eigenvalue weighted by molar-refractivity contribution is 5.98. The number of anilines is 1. The van der Waals surface area contributed by atoms with E-state index >= 15 is 0 Å². The van der Waals surface area contributed by atoms with Crippen LogP contribution in [0.15, 0.2) is 83.4 Å². The number of aromatic nitrogens is 1. The zero-order valence-corrected chi connectivity index (χ0v) is 17.6. The van der Waals surface area contributed by atoms with Crippen molar-refractivity contribution in [3.05, 3.63) is 84.4 Å². The number of carbonyl (C=O) groups excluding carboxylic acids is 1. The molecule has 0 aliphatic carbocycles. The summed E-state index contributed by atoms with van der Waals surface area (Å²) in [6, 6.07) is 25.3. The molecule has 3 aromatic carbocycles. The van der Waals surface area contributed by atoms with Crippen molar-refractivity contribution in [2.75, 3.05) is 31.5 Å². The first-order valence-corrected chi connectivity index (χ1v) is 10.7. The van der Waals surface area contributed by atoms with Gasteiger partial charge in [-0.25, -0.2) is 4.79 Å². The van der Waals surface area contributed by atoms with E-state index in [2.05, 4.69) is 27.5 Å². The molecule has 7 heteroatoms. The molecule has 1 N–H and O–H groups in total. The van der Waals surface area contributed by atoms with Gasteiger partial charge < -0.3 is 14.2 Å². The first-order chi connectivity index (χ1) is 15.7. The van der Waals surface area contributed by atoms with Crippen LogP contribution in [0.2, 0.25) is 0 Å². The van der Waals surface area contributed by atoms with Gasteiger partial charge in [0.05, 0.1) is 5.39 Å². The number of benzene rings is 3. The Balaban J connectivity index is 1.15. The minimum absolute atomic E-state index is 0.151. The summed E-state index contributed by atoms with van der Waals surface area (Å²) in [7, 11) is 0. The van der Waals surface area contributed by atoms with Crippen molar-refractivity contribution in [2.24, 2.45) is 0 Å². The van der Waals surface area contributed by atoms with Crippen molar-refractivity contribution in [1.29, 1.82) is 0 Å². The molecule has 0 spiro atoms. The van der Waals surface area contributed by atoms with E-state index in [0.29, 0.717) is 24.5 Å². The summed E-state index contributed by atoms with van der Waals surface area (Å²) in [4.78, 5) is 16.8. The monoisotopic (exact) mass is 428 g/mol. The van der Waals surface area contributed by atoms with Gasteiger partial charge in [0, 0.05) is 32.7 Å². The van der Waals surface area contributed by atoms with Crippen molar-refractivity contribution in [3.63, 3.8) is 0 Å². The molecule has 0 atom stereocenters. The van der Waals surface area contributed by atoms with Gasteiger partial charge in [-0.1, -0.05) is 47.6 Å². The molecular formula is C25H24N4O3. The molecule has 5 rings (SSSR count). The zero-order chi connectivity index (χ0) is 21.8. The lowest BCUT2D eigenvalue weighted by molar-refractivity contribution is 0.143. The molecular weight excluding hydrogens is 404 g/mol. The van der Waals surface area contributed by atoms with Gasteiger partial charge in [0.25, 0.3) is 0 Å². The normalized spacial score (nSPS) is 14.4. The SMILES string of the molecule is O=C(Nc1noc2ccccc12)N1CCN(Cc2cccc(Oc3ccccc3)c2)CC1. The smallest absolute Gasteiger partial charge is 0.323 e. The van der Waals surface area contributed by atoms with Crippen LogP contribution in [0.4, 0.5) is 10.6 Å². The van der Waals surface area contributed by atoms with Crippen LogP contribution < -0.4 is 10.1 Å². The summed E-state index contributed by atoms with van der Waals surface area (Å²) in [5.41, 5.74) is 1.84. The third-order valence-electron chi connectivity index (χ3n) is 5.55. The number of fused-ring (bicyclic) bond motifs is 1. The summed E-state index contributed by atoms with van der Waals surface area (Å²) in [5, 5.41) is 7.66. The van der Waals surface area contributed by atoms with E-state index in [1.165, 1.54) is 5.56 Å². The standard InChI is InChI=1S/C25H24N4O3/c30-25(26-24-22-11-4-5-12-23(22)32-27-24)29-15-13-28(14-16-29)18-19-7-6-10-21(17-19)31-20-8-2-1-3-9-20/h1-12,17H,13-16,18H2,(H,26,27,30). The van der Waals surface area contributed by atoms with E-state index in [4.69, 9.17) is 9.26 Å². The number of ether oxygens (including phenoxy) is 1. The number of nitrogens with zero attached hydrogens (tertiary/aromatic N) is 3. The lowest BCUT2D eigenvalue weighted by atomic mass is 10.2. The number of nitrogens with one attached hydrogen (secondary N) is 1. The maximum atomic E-state index is 12.7. The molecule has 2 heterocycles. The van der Waals surface area contributed by atoms with Gasteiger partial charge in [0.2, 0.25) is 0 Å². The molecule has 0 bridgehead atoms. The molecule has 0 saturated carbocycles. The van der Waals surface area contributed by atoms with Crippen LogP contribution >= 0.6 is 0 Å². The van der Waals surface area contributed by atoms with Gasteiger partial charge in [-0.3, -0.25) is 10.2 Å². The first kappa shape index (κ1) is 20.1. The summed E-state index contributed by atoms with van der Waals surface area (Å²) in [6.07, 6.45) is 0. The van der Waals surface area contributed by atoms with Crippen molar-refractivity contribution in [2.45, 2.75) is 6.54 Å². The maximum Gasteiger partial charge on any atom is 0.323 e. The van der Waals surface area contributed by atoms with Crippen molar-refractivity contribution in [1.82, 2.24) is 15.0 Å². The number of urea groups is 1. The third kappa shape index (κ3) is 4.58. The number of rotatable bonds is 5. The van der Waals surface area contributed by atoms with Crippen LogP contribution in [0, 0.1) is 0 Å². The number of carbonyl (C=O) groups is 1. The molecule has 2 amide bonds. The Hall–Kier alpha value is -3.84. The lowest BCUT2D eigenvalue weighted by Gasteiger charge is -2.34. The Morgan fingerprint density at radius 1 is 0.906 bits per heavy atom. The van der Waals surface area contributed by atoms with Gasteiger partial charge in [-0.2, -0.15) is 0 Å². The van der Waals surface area contributed by atoms with E-state index < -0.39 is 0 Å². The minimum Gasteiger partial charge on any atom is -0.457 e. The molecule has 1 aliphatic rings. The molecule has 0 radical (unpaired) electrons. The average Bonchev–Trinajstić information content (AvgIpc) is 3.23. The van der Waals surface area contributed by atoms with Gasteiger partial charge in [0.1, 0.15) is 11.5 Å². The number of hydrogen-bond donors (Lipinski definition) is 1. The quantitative estimate of drug-likeness (QED) is 0.486. The summed E-state index contributed by atoms with van der Waals surface area (Å²) >= 11 is 0. The Labute approximate surface area is 186 Å². The topological polar surface area (TPSA) is 70.8 Å². The zero-order valence-electron chi connectivity index (χ0n) is 17.6. The van der Waals surface area contributed by atoms with E-state index in [1.54, 1.807) is 0 Å². The fourth-order valence-corrected chi connectivity index (χ4v) is 3.86. The van der Waals surface area contributed by atoms with Crippen molar-refractivity contribution in [3.8, 4) is 11.5 Å². The predicted molar refractivity (Wildman–Crippen MR) is 123 cm³/mol. The van der Waals surface area contributed by atoms with Crippen LogP contribution in [0.3, 0.4) is 0 Å². The van der Waals surface area contributed by atoms with Gasteiger partial charge in [-0.05, 0) is 42.0 Å². The van der Waals surface area contributed by atoms with E-state index in [1.807, 2.05) is 71.6 Å². The molecule has 1 aliphatic heterocycles. The van der Waals surface area contributed by atoms with E-state index in [0.717, 1.165) is 36.5 Å². The van der Waals surface area contributed by atoms with Crippen LogP contribution in [-0.2, 0) is 6.54 Å². The highest BCUT2D eigenvalue weighted by Gasteiger charge is 2.22. The van der Waals surface area contributed by atoms with Crippen LogP contribution in [0.25, 0.3) is 11.0 Å². The fraction of sp³-hybridized carbons (Fsp3) is 0.200. The number of piperazine rings is 1. The Morgan fingerprint density at radius 3 is 2.50 bits per heavy atom. The van der Waals surface area contributed by atoms with Crippen LogP contribution in [0.5, 0.6) is 11.5 Å². The van der Waals surface area contributed by atoms with E-state index in [9.17, 15) is 4.79 Å². The second kappa shape index (κ2) is 9.11. The predicted octanol–water partition coefficient (Wildman–Crippen LogP) is 4.97. The molecule has 7 nitrogen and oxygen atoms in total. The van der Waals surface area contributed by atoms with Gasteiger partial charge >= 0.3 is 6.03 Å². The third-order valence-corrected chi connectivity index (χ3v) is 5.55. The van der Waals surface area contributed by atoms with Crippen LogP contribution in [0.1, 0.15) is 5.56 Å². The Kier molecular flexibility index (Phi) is 5.72. The molecule has 0 unspecified atom stereocenters. The molecule has 162 valence electrons. The van der Waals surface area contributed by atoms with Crippen molar-refractivity contribution < 1.29 is 14.1 Å². The number of hydrogen-bond acceptors (Lipinski definition) is 5. The van der Waals surface area contributed by atoms with E-state index in [-0.39, 0.29) is 6.03 Å². The highest BCUT2D eigenvalue weighted by atomic mass is 16.5. The Bertz CT molecular complexity index is 1200. The first-order valence-electron chi connectivity index (χ1n) is 10.7. The van der Waals surface area contributed by atoms with Crippen LogP contribution in [-0.4, -0.2) is 47.2 Å². The average molecular weight is 428 g/mol. The van der Waals surface area contributed by atoms with Crippen molar-refractivity contribution >= 4 is 22.8 Å². The summed E-state index contributed by atoms with van der Waals surface area (Å²) in [5.74, 6) is 2.11. The second-order valence-corrected chi connectivity index (χ2v) is 7.78. The summed E-state index contributed by atoms with van der Waals surface area (Å²) in [6.45, 7) is 3.73. The second-order valence-electron chi connectivity index (χ2n) is 7.78. The highest BCUT2D eigenvalue weighted by Crippen LogP contribution is 2.24. The minimum atomic E-state index is -0.151. The number of para-hydroxylation sites is 2. The molecule has 1 saturated heterocycles. The fourth-order valence-electron chi connectivity index (χ4n) is 3.86. The van der Waals surface area contributed by atoms with Gasteiger partial charge in [0.15, 0.2) is 11.4 Å². The van der Waals surface area contributed by atoms with Gasteiger partial charge in [-0.15, -0.1) is 0 Å². The molecule has 4 aromatic rings. The Morgan fingerprint density at radius 2 is 1.66 bits per heavy atom. The number of amides is 2. The molecule has 32 heavy (non-hydrogen) atoms. The summed E-state index contributed by atoms with van der Waals surface area (Å²) < 4.78 is 11.2.